The van der Waals surface area contributed by atoms with E-state index < -0.39 is 17.9 Å². The molecule has 7 heteroatoms. The van der Waals surface area contributed by atoms with Gasteiger partial charge in [0.05, 0.1) is 12.6 Å². The molecule has 0 fully saturated rings. The van der Waals surface area contributed by atoms with E-state index >= 15 is 0 Å². The second-order valence-corrected chi connectivity index (χ2v) is 4.59. The fourth-order valence-electron chi connectivity index (χ4n) is 1.92. The number of carbonyl (C=O) groups is 2. The Bertz CT molecular complexity index is 666. The number of hydrogen-bond donors (Lipinski definition) is 3. The first kappa shape index (κ1) is 14.6. The van der Waals surface area contributed by atoms with E-state index in [1.807, 2.05) is 0 Å². The van der Waals surface area contributed by atoms with Crippen molar-refractivity contribution in [2.75, 3.05) is 0 Å². The van der Waals surface area contributed by atoms with Crippen LogP contribution in [0, 0.1) is 0 Å². The zero-order valence-electron chi connectivity index (χ0n) is 11.4. The molecule has 1 heterocycles. The van der Waals surface area contributed by atoms with E-state index in [1.54, 1.807) is 25.2 Å². The minimum absolute atomic E-state index is 0.000836. The van der Waals surface area contributed by atoms with Gasteiger partial charge in [0.1, 0.15) is 5.75 Å². The third-order valence-electron chi connectivity index (χ3n) is 2.95. The van der Waals surface area contributed by atoms with E-state index in [-0.39, 0.29) is 12.2 Å². The van der Waals surface area contributed by atoms with E-state index in [0.717, 1.165) is 0 Å². The van der Waals surface area contributed by atoms with Crippen molar-refractivity contribution in [2.45, 2.75) is 12.5 Å². The molecular formula is C14H15N3O4. The number of aromatic hydroxyl groups is 1. The van der Waals surface area contributed by atoms with Crippen LogP contribution in [0.15, 0.2) is 36.7 Å². The predicted molar refractivity (Wildman–Crippen MR) is 73.5 cm³/mol. The minimum atomic E-state index is -1.17. The molecule has 1 aromatic heterocycles. The lowest BCUT2D eigenvalue weighted by molar-refractivity contribution is -0.141. The first-order chi connectivity index (χ1) is 9.97. The number of phenols is 1. The molecule has 3 N–H and O–H groups in total. The lowest BCUT2D eigenvalue weighted by Crippen LogP contribution is -2.34. The van der Waals surface area contributed by atoms with Crippen molar-refractivity contribution in [3.05, 3.63) is 47.8 Å². The molecule has 2 rings (SSSR count). The number of aromatic nitrogens is 2. The van der Waals surface area contributed by atoms with E-state index in [4.69, 9.17) is 0 Å². The molecule has 0 aliphatic heterocycles. The average molecular weight is 289 g/mol. The summed E-state index contributed by atoms with van der Waals surface area (Å²) in [6.45, 7) is 0. The van der Waals surface area contributed by atoms with Gasteiger partial charge >= 0.3 is 5.97 Å². The molecule has 1 aromatic carbocycles. The van der Waals surface area contributed by atoms with Crippen LogP contribution >= 0.6 is 0 Å². The van der Waals surface area contributed by atoms with Gasteiger partial charge in [-0.1, -0.05) is 18.2 Å². The number of nitrogens with one attached hydrogen (secondary N) is 1. The second-order valence-electron chi connectivity index (χ2n) is 4.59. The molecule has 1 amide bonds. The van der Waals surface area contributed by atoms with Crippen LogP contribution in [-0.4, -0.2) is 31.9 Å². The molecule has 0 aliphatic rings. The van der Waals surface area contributed by atoms with Crippen LogP contribution in [-0.2, 0) is 23.1 Å². The number of aryl methyl sites for hydroxylation is 1. The number of aliphatic carboxylic acids is 1. The Balaban J connectivity index is 2.09. The van der Waals surface area contributed by atoms with Crippen molar-refractivity contribution in [1.29, 1.82) is 0 Å². The third kappa shape index (κ3) is 3.59. The normalized spacial score (nSPS) is 11.9. The Kier molecular flexibility index (Phi) is 4.22. The third-order valence-corrected chi connectivity index (χ3v) is 2.95. The quantitative estimate of drug-likeness (QED) is 0.748. The van der Waals surface area contributed by atoms with E-state index in [1.165, 1.54) is 23.1 Å². The maximum Gasteiger partial charge on any atom is 0.331 e. The number of phenolic OH excluding ortho intramolecular Hbond substituents is 1. The summed E-state index contributed by atoms with van der Waals surface area (Å²) in [5.74, 6) is -1.66. The van der Waals surface area contributed by atoms with Crippen LogP contribution in [0.1, 0.15) is 17.2 Å². The number of para-hydroxylation sites is 1. The predicted octanol–water partition coefficient (Wildman–Crippen LogP) is 0.610. The van der Waals surface area contributed by atoms with Gasteiger partial charge in [0.15, 0.2) is 6.04 Å². The Morgan fingerprint density at radius 3 is 2.67 bits per heavy atom. The highest BCUT2D eigenvalue weighted by atomic mass is 16.4. The molecule has 0 bridgehead atoms. The monoisotopic (exact) mass is 289 g/mol. The van der Waals surface area contributed by atoms with Crippen LogP contribution in [0.5, 0.6) is 5.75 Å². The van der Waals surface area contributed by atoms with Crippen LogP contribution in [0.25, 0.3) is 0 Å². The molecule has 0 aliphatic carbocycles. The molecule has 7 nitrogen and oxygen atoms in total. The summed E-state index contributed by atoms with van der Waals surface area (Å²) in [4.78, 5) is 23.2. The highest BCUT2D eigenvalue weighted by Gasteiger charge is 2.23. The minimum Gasteiger partial charge on any atom is -0.508 e. The van der Waals surface area contributed by atoms with Gasteiger partial charge in [-0.2, -0.15) is 5.10 Å². The van der Waals surface area contributed by atoms with Crippen LogP contribution in [0.3, 0.4) is 0 Å². The van der Waals surface area contributed by atoms with Gasteiger partial charge in [-0.25, -0.2) is 4.79 Å². The first-order valence-corrected chi connectivity index (χ1v) is 6.25. The average Bonchev–Trinajstić information content (AvgIpc) is 2.85. The number of hydrogen-bond acceptors (Lipinski definition) is 4. The summed E-state index contributed by atoms with van der Waals surface area (Å²) in [7, 11) is 1.66. The van der Waals surface area contributed by atoms with Crippen molar-refractivity contribution in [1.82, 2.24) is 15.1 Å². The van der Waals surface area contributed by atoms with E-state index in [0.29, 0.717) is 11.1 Å². The van der Waals surface area contributed by atoms with Gasteiger partial charge in [-0.15, -0.1) is 0 Å². The topological polar surface area (TPSA) is 104 Å². The van der Waals surface area contributed by atoms with Crippen LogP contribution < -0.4 is 5.32 Å². The zero-order chi connectivity index (χ0) is 15.4. The van der Waals surface area contributed by atoms with Crippen molar-refractivity contribution in [3.63, 3.8) is 0 Å². The van der Waals surface area contributed by atoms with Gasteiger partial charge in [0.2, 0.25) is 5.91 Å². The maximum absolute atomic E-state index is 11.9. The molecule has 1 unspecified atom stereocenters. The highest BCUT2D eigenvalue weighted by molar-refractivity contribution is 5.85. The number of benzene rings is 1. The van der Waals surface area contributed by atoms with Gasteiger partial charge in [0.25, 0.3) is 0 Å². The van der Waals surface area contributed by atoms with E-state index in [9.17, 15) is 19.8 Å². The number of carboxylic acids is 1. The SMILES string of the molecule is Cn1cc(C(NC(=O)Cc2ccccc2O)C(=O)O)cn1. The Morgan fingerprint density at radius 1 is 1.38 bits per heavy atom. The summed E-state index contributed by atoms with van der Waals surface area (Å²) in [5.41, 5.74) is 0.820. The largest absolute Gasteiger partial charge is 0.508 e. The lowest BCUT2D eigenvalue weighted by atomic mass is 10.1. The van der Waals surface area contributed by atoms with Gasteiger partial charge in [0, 0.05) is 24.4 Å². The second kappa shape index (κ2) is 6.08. The summed E-state index contributed by atoms with van der Waals surface area (Å²) < 4.78 is 1.46. The summed E-state index contributed by atoms with van der Waals surface area (Å²) in [6, 6.07) is 5.25. The fraction of sp³-hybridized carbons (Fsp3) is 0.214. The number of carboxylic acid groups (broad SMARTS) is 1. The Morgan fingerprint density at radius 2 is 2.10 bits per heavy atom. The number of amides is 1. The standard InChI is InChI=1S/C14H15N3O4/c1-17-8-10(7-15-17)13(14(20)21)16-12(19)6-9-4-2-3-5-11(9)18/h2-5,7-8,13,18H,6H2,1H3,(H,16,19)(H,20,21). The number of rotatable bonds is 5. The summed E-state index contributed by atoms with van der Waals surface area (Å²) >= 11 is 0. The molecule has 0 radical (unpaired) electrons. The van der Waals surface area contributed by atoms with Crippen molar-refractivity contribution in [3.8, 4) is 5.75 Å². The van der Waals surface area contributed by atoms with Gasteiger partial charge in [-0.05, 0) is 6.07 Å². The maximum atomic E-state index is 11.9. The number of nitrogens with zero attached hydrogens (tertiary/aromatic N) is 2. The van der Waals surface area contributed by atoms with E-state index in [2.05, 4.69) is 10.4 Å². The molecule has 0 spiro atoms. The Hall–Kier alpha value is -2.83. The van der Waals surface area contributed by atoms with Crippen LogP contribution in [0.4, 0.5) is 0 Å². The Labute approximate surface area is 120 Å². The molecular weight excluding hydrogens is 274 g/mol. The first-order valence-electron chi connectivity index (χ1n) is 6.25. The van der Waals surface area contributed by atoms with Gasteiger partial charge in [-0.3, -0.25) is 9.48 Å². The summed E-state index contributed by atoms with van der Waals surface area (Å²) in [5, 5.41) is 25.1. The number of carbonyl (C=O) groups excluding carboxylic acids is 1. The van der Waals surface area contributed by atoms with Gasteiger partial charge < -0.3 is 15.5 Å². The molecule has 0 saturated carbocycles. The molecule has 1 atom stereocenters. The van der Waals surface area contributed by atoms with Crippen molar-refractivity contribution >= 4 is 11.9 Å². The molecule has 21 heavy (non-hydrogen) atoms. The smallest absolute Gasteiger partial charge is 0.331 e. The highest BCUT2D eigenvalue weighted by Crippen LogP contribution is 2.17. The van der Waals surface area contributed by atoms with Crippen molar-refractivity contribution in [2.24, 2.45) is 7.05 Å². The molecule has 2 aromatic rings. The lowest BCUT2D eigenvalue weighted by Gasteiger charge is -2.13. The van der Waals surface area contributed by atoms with Crippen LogP contribution in [0.2, 0.25) is 0 Å². The fourth-order valence-corrected chi connectivity index (χ4v) is 1.92. The van der Waals surface area contributed by atoms with Crippen molar-refractivity contribution < 1.29 is 19.8 Å². The zero-order valence-corrected chi connectivity index (χ0v) is 11.4. The molecule has 110 valence electrons. The molecule has 0 saturated heterocycles. The summed E-state index contributed by atoms with van der Waals surface area (Å²) in [6.07, 6.45) is 2.81.